The molecule has 1 saturated carbocycles. The first kappa shape index (κ1) is 13.4. The standard InChI is InChI=1S/C13H23ClO2Si/c1-17(2,3)9-10-6-11(14)8-13(7-10)5-4-12(15)16-13/h10-11H,4-9H2,1-3H3. The van der Waals surface area contributed by atoms with Gasteiger partial charge in [0.25, 0.3) is 0 Å². The van der Waals surface area contributed by atoms with Gasteiger partial charge >= 0.3 is 5.97 Å². The number of carbonyl (C=O) groups excluding carboxylic acids is 1. The van der Waals surface area contributed by atoms with E-state index >= 15 is 0 Å². The van der Waals surface area contributed by atoms with E-state index in [9.17, 15) is 4.79 Å². The molecule has 0 aromatic carbocycles. The molecule has 0 amide bonds. The van der Waals surface area contributed by atoms with Crippen molar-refractivity contribution in [2.24, 2.45) is 5.92 Å². The molecule has 1 aliphatic heterocycles. The molecular weight excluding hydrogens is 252 g/mol. The first-order valence-electron chi connectivity index (χ1n) is 6.64. The highest BCUT2D eigenvalue weighted by atomic mass is 35.5. The van der Waals surface area contributed by atoms with Gasteiger partial charge < -0.3 is 4.74 Å². The lowest BCUT2D eigenvalue weighted by atomic mass is 9.77. The van der Waals surface area contributed by atoms with E-state index < -0.39 is 8.07 Å². The Morgan fingerprint density at radius 3 is 2.65 bits per heavy atom. The highest BCUT2D eigenvalue weighted by Crippen LogP contribution is 2.46. The van der Waals surface area contributed by atoms with Crippen LogP contribution in [-0.2, 0) is 9.53 Å². The Balaban J connectivity index is 2.04. The average molecular weight is 275 g/mol. The van der Waals surface area contributed by atoms with E-state index in [2.05, 4.69) is 19.6 Å². The molecule has 0 bridgehead atoms. The smallest absolute Gasteiger partial charge is 0.306 e. The first-order valence-corrected chi connectivity index (χ1v) is 10.8. The second kappa shape index (κ2) is 4.58. The van der Waals surface area contributed by atoms with Crippen molar-refractivity contribution in [3.05, 3.63) is 0 Å². The van der Waals surface area contributed by atoms with Crippen molar-refractivity contribution in [2.75, 3.05) is 0 Å². The fourth-order valence-corrected chi connectivity index (χ4v) is 6.10. The van der Waals surface area contributed by atoms with Crippen LogP contribution in [0.4, 0.5) is 0 Å². The van der Waals surface area contributed by atoms with E-state index in [0.717, 1.165) is 25.7 Å². The highest BCUT2D eigenvalue weighted by Gasteiger charge is 2.47. The monoisotopic (exact) mass is 274 g/mol. The molecule has 2 rings (SSSR count). The van der Waals surface area contributed by atoms with Crippen molar-refractivity contribution in [1.29, 1.82) is 0 Å². The summed E-state index contributed by atoms with van der Waals surface area (Å²) in [6.07, 6.45) is 4.49. The van der Waals surface area contributed by atoms with Crippen LogP contribution in [0.2, 0.25) is 25.7 Å². The maximum Gasteiger partial charge on any atom is 0.306 e. The summed E-state index contributed by atoms with van der Waals surface area (Å²) in [4.78, 5) is 11.4. The van der Waals surface area contributed by atoms with Gasteiger partial charge in [-0.2, -0.15) is 0 Å². The molecule has 1 aliphatic carbocycles. The molecular formula is C13H23ClO2Si. The maximum atomic E-state index is 11.4. The summed E-state index contributed by atoms with van der Waals surface area (Å²) in [5.74, 6) is 0.631. The Kier molecular flexibility index (Phi) is 3.61. The molecule has 3 unspecified atom stereocenters. The molecule has 1 saturated heterocycles. The fraction of sp³-hybridized carbons (Fsp3) is 0.923. The minimum absolute atomic E-state index is 0.0254. The third kappa shape index (κ3) is 3.47. The molecule has 2 fully saturated rings. The maximum absolute atomic E-state index is 11.4. The van der Waals surface area contributed by atoms with E-state index in [1.165, 1.54) is 6.04 Å². The lowest BCUT2D eigenvalue weighted by molar-refractivity contribution is -0.151. The first-order chi connectivity index (χ1) is 7.78. The Bertz CT molecular complexity index is 313. The molecule has 98 valence electrons. The lowest BCUT2D eigenvalue weighted by Gasteiger charge is -2.40. The van der Waals surface area contributed by atoms with Gasteiger partial charge in [-0.05, 0) is 25.2 Å². The van der Waals surface area contributed by atoms with Crippen molar-refractivity contribution in [3.63, 3.8) is 0 Å². The summed E-state index contributed by atoms with van der Waals surface area (Å²) in [7, 11) is -1.06. The Morgan fingerprint density at radius 2 is 2.12 bits per heavy atom. The van der Waals surface area contributed by atoms with Crippen LogP contribution in [0, 0.1) is 5.92 Å². The third-order valence-corrected chi connectivity index (χ3v) is 5.99. The minimum atomic E-state index is -1.06. The van der Waals surface area contributed by atoms with Gasteiger partial charge in [0, 0.05) is 26.3 Å². The summed E-state index contributed by atoms with van der Waals surface area (Å²) in [5, 5.41) is 0.191. The van der Waals surface area contributed by atoms with Crippen LogP contribution in [0.5, 0.6) is 0 Å². The molecule has 2 aliphatic rings. The number of hydrogen-bond donors (Lipinski definition) is 0. The van der Waals surface area contributed by atoms with E-state index in [-0.39, 0.29) is 16.9 Å². The van der Waals surface area contributed by atoms with Gasteiger partial charge in [-0.15, -0.1) is 11.6 Å². The predicted octanol–water partition coefficient (Wildman–Crippen LogP) is 3.81. The molecule has 0 N–H and O–H groups in total. The number of alkyl halides is 1. The topological polar surface area (TPSA) is 26.3 Å². The van der Waals surface area contributed by atoms with Crippen molar-refractivity contribution in [1.82, 2.24) is 0 Å². The van der Waals surface area contributed by atoms with Gasteiger partial charge in [0.1, 0.15) is 5.60 Å². The predicted molar refractivity (Wildman–Crippen MR) is 73.2 cm³/mol. The van der Waals surface area contributed by atoms with Crippen molar-refractivity contribution in [2.45, 2.75) is 68.8 Å². The zero-order chi connectivity index (χ0) is 12.7. The van der Waals surface area contributed by atoms with Gasteiger partial charge in [0.2, 0.25) is 0 Å². The van der Waals surface area contributed by atoms with Crippen LogP contribution in [0.25, 0.3) is 0 Å². The number of rotatable bonds is 2. The molecule has 2 nitrogen and oxygen atoms in total. The summed E-state index contributed by atoms with van der Waals surface area (Å²) in [6, 6.07) is 1.30. The van der Waals surface area contributed by atoms with E-state index in [1.807, 2.05) is 0 Å². The second-order valence-corrected chi connectivity index (χ2v) is 13.2. The second-order valence-electron chi connectivity index (χ2n) is 7.03. The molecule has 17 heavy (non-hydrogen) atoms. The molecule has 0 aromatic rings. The Hall–Kier alpha value is -0.0231. The molecule has 4 heteroatoms. The highest BCUT2D eigenvalue weighted by molar-refractivity contribution is 6.76. The largest absolute Gasteiger partial charge is 0.459 e. The summed E-state index contributed by atoms with van der Waals surface area (Å²) >= 11 is 6.38. The van der Waals surface area contributed by atoms with Crippen molar-refractivity contribution >= 4 is 25.6 Å². The minimum Gasteiger partial charge on any atom is -0.459 e. The number of esters is 1. The number of ether oxygens (including phenoxy) is 1. The normalized spacial score (nSPS) is 38.5. The fourth-order valence-electron chi connectivity index (χ4n) is 3.52. The zero-order valence-corrected chi connectivity index (χ0v) is 12.8. The zero-order valence-electron chi connectivity index (χ0n) is 11.1. The van der Waals surface area contributed by atoms with Crippen LogP contribution >= 0.6 is 11.6 Å². The van der Waals surface area contributed by atoms with Crippen LogP contribution in [0.15, 0.2) is 0 Å². The lowest BCUT2D eigenvalue weighted by Crippen LogP contribution is -2.41. The average Bonchev–Trinajstić information content (AvgIpc) is 2.41. The van der Waals surface area contributed by atoms with Gasteiger partial charge in [0.05, 0.1) is 0 Å². The quantitative estimate of drug-likeness (QED) is 0.435. The van der Waals surface area contributed by atoms with Crippen LogP contribution in [-0.4, -0.2) is 25.0 Å². The summed E-state index contributed by atoms with van der Waals surface area (Å²) < 4.78 is 5.60. The molecule has 0 radical (unpaired) electrons. The molecule has 1 heterocycles. The SMILES string of the molecule is C[Si](C)(C)CC1CC(Cl)CC2(CCC(=O)O2)C1. The van der Waals surface area contributed by atoms with Crippen LogP contribution in [0.3, 0.4) is 0 Å². The van der Waals surface area contributed by atoms with Gasteiger partial charge in [0.15, 0.2) is 0 Å². The van der Waals surface area contributed by atoms with Crippen molar-refractivity contribution < 1.29 is 9.53 Å². The van der Waals surface area contributed by atoms with Crippen molar-refractivity contribution in [3.8, 4) is 0 Å². The number of carbonyl (C=O) groups is 1. The van der Waals surface area contributed by atoms with E-state index in [1.54, 1.807) is 0 Å². The van der Waals surface area contributed by atoms with Crippen LogP contribution < -0.4 is 0 Å². The van der Waals surface area contributed by atoms with Gasteiger partial charge in [-0.25, -0.2) is 0 Å². The van der Waals surface area contributed by atoms with E-state index in [0.29, 0.717) is 12.3 Å². The van der Waals surface area contributed by atoms with E-state index in [4.69, 9.17) is 16.3 Å². The Morgan fingerprint density at radius 1 is 1.41 bits per heavy atom. The number of hydrogen-bond acceptors (Lipinski definition) is 2. The third-order valence-electron chi connectivity index (χ3n) is 3.86. The summed E-state index contributed by atoms with van der Waals surface area (Å²) in [6.45, 7) is 7.20. The number of halogens is 1. The van der Waals surface area contributed by atoms with Gasteiger partial charge in [-0.1, -0.05) is 25.7 Å². The summed E-state index contributed by atoms with van der Waals surface area (Å²) in [5.41, 5.74) is -0.202. The molecule has 1 spiro atoms. The van der Waals surface area contributed by atoms with Crippen LogP contribution in [0.1, 0.15) is 32.1 Å². The Labute approximate surface area is 110 Å². The van der Waals surface area contributed by atoms with Gasteiger partial charge in [-0.3, -0.25) is 4.79 Å². The molecule has 0 aromatic heterocycles. The molecule has 3 atom stereocenters.